The molecule has 42 heavy (non-hydrogen) atoms. The van der Waals surface area contributed by atoms with Crippen LogP contribution in [-0.4, -0.2) is 166 Å². The van der Waals surface area contributed by atoms with Crippen molar-refractivity contribution in [3.8, 4) is 0 Å². The molecule has 0 aromatic carbocycles. The van der Waals surface area contributed by atoms with Gasteiger partial charge in [0.15, 0.2) is 25.2 Å². The average molecular weight is 613 g/mol. The van der Waals surface area contributed by atoms with Crippen molar-refractivity contribution in [3.05, 3.63) is 0 Å². The predicted octanol–water partition coefficient (Wildman–Crippen LogP) is -8.69. The molecule has 3 aliphatic heterocycles. The van der Waals surface area contributed by atoms with Crippen LogP contribution in [0.15, 0.2) is 0 Å². The number of aldehydes is 1. The molecule has 18 N–H and O–H groups in total. The zero-order chi connectivity index (χ0) is 31.0. The van der Waals surface area contributed by atoms with Gasteiger partial charge in [-0.1, -0.05) is 0 Å². The lowest BCUT2D eigenvalue weighted by atomic mass is 9.84. The molecule has 1 saturated carbocycles. The van der Waals surface area contributed by atoms with Crippen LogP contribution in [-0.2, 0) is 33.2 Å². The van der Waals surface area contributed by atoms with Gasteiger partial charge in [-0.15, -0.1) is 0 Å². The van der Waals surface area contributed by atoms with Crippen LogP contribution >= 0.6 is 0 Å². The number of carbonyl (C=O) groups is 1. The highest BCUT2D eigenvalue weighted by Gasteiger charge is 2.54. The summed E-state index contributed by atoms with van der Waals surface area (Å²) in [5.41, 5.74) is 35.5. The van der Waals surface area contributed by atoms with Crippen LogP contribution in [0.2, 0.25) is 0 Å². The molecule has 4 aliphatic rings. The average Bonchev–Trinajstić information content (AvgIpc) is 3.27. The normalized spacial score (nSPS) is 53.7. The van der Waals surface area contributed by atoms with Crippen LogP contribution in [0, 0.1) is 0 Å². The maximum atomic E-state index is 11.9. The minimum Gasteiger partial charge on any atom is -0.389 e. The van der Waals surface area contributed by atoms with Crippen molar-refractivity contribution in [1.29, 1.82) is 0 Å². The Hall–Kier alpha value is -1.05. The van der Waals surface area contributed by atoms with E-state index in [1.807, 2.05) is 0 Å². The van der Waals surface area contributed by atoms with E-state index in [9.17, 15) is 35.4 Å². The van der Waals surface area contributed by atoms with E-state index in [2.05, 4.69) is 0 Å². The van der Waals surface area contributed by atoms with Crippen LogP contribution in [0.4, 0.5) is 0 Å². The third kappa shape index (κ3) is 6.49. The van der Waals surface area contributed by atoms with Gasteiger partial charge in [0.1, 0.15) is 67.1 Å². The zero-order valence-corrected chi connectivity index (χ0v) is 22.7. The van der Waals surface area contributed by atoms with Crippen LogP contribution in [0.5, 0.6) is 0 Å². The van der Waals surface area contributed by atoms with E-state index < -0.39 is 116 Å². The molecule has 1 aliphatic carbocycles. The van der Waals surface area contributed by atoms with E-state index in [4.69, 9.17) is 62.8 Å². The summed E-state index contributed by atoms with van der Waals surface area (Å²) >= 11 is 0. The molecule has 19 atom stereocenters. The summed E-state index contributed by atoms with van der Waals surface area (Å²) in [4.78, 5) is 11.9. The van der Waals surface area contributed by atoms with Gasteiger partial charge in [-0.05, 0) is 6.42 Å². The molecule has 0 amide bonds. The third-order valence-corrected chi connectivity index (χ3v) is 8.27. The lowest BCUT2D eigenvalue weighted by Crippen LogP contribution is -2.68. The molecular weight excluding hydrogens is 568 g/mol. The first-order chi connectivity index (χ1) is 19.8. The molecule has 0 aromatic heterocycles. The summed E-state index contributed by atoms with van der Waals surface area (Å²) in [6, 6.07) is -4.27. The molecule has 0 unspecified atom stereocenters. The standard InChI is InChI=1S/C23H44N6O13/c24-2-7-13(32)15(34)10(28)21(37-7)40-18-6(27)1-5(26)12(31)20(18)42-23-17(36)19(9(4-30)39-23)41-22-11(29)16(35)14(33)8(3-25)38-22/h4-23,31-36H,1-3,24-29H2/t5-,6+,7-,8+,9-,10-,11-,12+,13-,14-,15-,16-,17-,18-,19-,20-,21-,22-,23+/m1/s1. The highest BCUT2D eigenvalue weighted by Crippen LogP contribution is 2.34. The number of ether oxygens (including phenoxy) is 6. The molecule has 0 spiro atoms. The van der Waals surface area contributed by atoms with Crippen LogP contribution < -0.4 is 34.4 Å². The van der Waals surface area contributed by atoms with Gasteiger partial charge in [0, 0.05) is 25.2 Å². The number of hydrogen-bond acceptors (Lipinski definition) is 19. The smallest absolute Gasteiger partial charge is 0.187 e. The second-order valence-corrected chi connectivity index (χ2v) is 11.1. The zero-order valence-electron chi connectivity index (χ0n) is 22.7. The van der Waals surface area contributed by atoms with Crippen LogP contribution in [0.3, 0.4) is 0 Å². The van der Waals surface area contributed by atoms with E-state index >= 15 is 0 Å². The SMILES string of the molecule is NC[C@@H]1O[C@H](O[C@H]2[C@@H](O)[C@H](O[C@@H]3[C@@H](O)[C@H](N)C[C@H](N)[C@H]3O[C@H]3O[C@H](CN)[C@@H](O)[C@H](O)[C@H]3N)O[C@@H]2C=O)[C@H](N)[C@@H](O)[C@@H]1O. The second kappa shape index (κ2) is 13.9. The Morgan fingerprint density at radius 3 is 1.55 bits per heavy atom. The summed E-state index contributed by atoms with van der Waals surface area (Å²) in [5, 5.41) is 62.9. The third-order valence-electron chi connectivity index (χ3n) is 8.27. The fraction of sp³-hybridized carbons (Fsp3) is 0.957. The van der Waals surface area contributed by atoms with E-state index in [-0.39, 0.29) is 19.5 Å². The maximum Gasteiger partial charge on any atom is 0.187 e. The number of hydrogen-bond donors (Lipinski definition) is 12. The van der Waals surface area contributed by atoms with Crippen molar-refractivity contribution in [2.75, 3.05) is 13.1 Å². The van der Waals surface area contributed by atoms with E-state index in [0.29, 0.717) is 6.29 Å². The Bertz CT molecular complexity index is 896. The van der Waals surface area contributed by atoms with Crippen molar-refractivity contribution >= 4 is 6.29 Å². The molecule has 0 aromatic rings. The van der Waals surface area contributed by atoms with Gasteiger partial charge >= 0.3 is 0 Å². The number of carbonyl (C=O) groups excluding carboxylic acids is 1. The molecule has 0 bridgehead atoms. The Morgan fingerprint density at radius 1 is 0.595 bits per heavy atom. The topological polar surface area (TPSA) is 350 Å². The van der Waals surface area contributed by atoms with Gasteiger partial charge in [0.05, 0.1) is 18.2 Å². The second-order valence-electron chi connectivity index (χ2n) is 11.1. The van der Waals surface area contributed by atoms with Crippen molar-refractivity contribution in [2.45, 2.75) is 123 Å². The van der Waals surface area contributed by atoms with Gasteiger partial charge < -0.3 is 98.3 Å². The van der Waals surface area contributed by atoms with Gasteiger partial charge in [0.25, 0.3) is 0 Å². The first-order valence-electron chi connectivity index (χ1n) is 13.7. The predicted molar refractivity (Wildman–Crippen MR) is 137 cm³/mol. The maximum absolute atomic E-state index is 11.9. The van der Waals surface area contributed by atoms with Crippen molar-refractivity contribution in [2.24, 2.45) is 34.4 Å². The first kappa shape index (κ1) is 33.8. The molecule has 3 heterocycles. The number of aliphatic hydroxyl groups is 6. The van der Waals surface area contributed by atoms with Crippen molar-refractivity contribution in [1.82, 2.24) is 0 Å². The largest absolute Gasteiger partial charge is 0.389 e. The molecular formula is C23H44N6O13. The molecule has 0 radical (unpaired) electrons. The Kier molecular flexibility index (Phi) is 11.2. The van der Waals surface area contributed by atoms with E-state index in [1.165, 1.54) is 0 Å². The molecule has 4 fully saturated rings. The van der Waals surface area contributed by atoms with Gasteiger partial charge in [0.2, 0.25) is 0 Å². The Balaban J connectivity index is 1.50. The lowest BCUT2D eigenvalue weighted by Gasteiger charge is -2.47. The number of aliphatic hydroxyl groups excluding tert-OH is 6. The number of nitrogens with two attached hydrogens (primary N) is 6. The molecule has 244 valence electrons. The highest BCUT2D eigenvalue weighted by molar-refractivity contribution is 5.58. The summed E-state index contributed by atoms with van der Waals surface area (Å²) < 4.78 is 34.3. The summed E-state index contributed by atoms with van der Waals surface area (Å²) in [7, 11) is 0. The summed E-state index contributed by atoms with van der Waals surface area (Å²) in [5.74, 6) is 0. The van der Waals surface area contributed by atoms with Crippen molar-refractivity contribution < 1.29 is 63.9 Å². The first-order valence-corrected chi connectivity index (χ1v) is 13.7. The van der Waals surface area contributed by atoms with Gasteiger partial charge in [-0.2, -0.15) is 0 Å². The summed E-state index contributed by atoms with van der Waals surface area (Å²) in [6.07, 6.45) is -20.2. The minimum atomic E-state index is -1.68. The molecule has 3 saturated heterocycles. The quantitative estimate of drug-likeness (QED) is 0.107. The Labute approximate surface area is 240 Å². The Morgan fingerprint density at radius 2 is 1.07 bits per heavy atom. The van der Waals surface area contributed by atoms with Gasteiger partial charge in [-0.3, -0.25) is 0 Å². The van der Waals surface area contributed by atoms with Crippen LogP contribution in [0.1, 0.15) is 6.42 Å². The fourth-order valence-corrected chi connectivity index (χ4v) is 5.65. The van der Waals surface area contributed by atoms with E-state index in [1.54, 1.807) is 0 Å². The lowest BCUT2D eigenvalue weighted by molar-refractivity contribution is -0.306. The van der Waals surface area contributed by atoms with Crippen LogP contribution in [0.25, 0.3) is 0 Å². The minimum absolute atomic E-state index is 0.0727. The van der Waals surface area contributed by atoms with Gasteiger partial charge in [-0.25, -0.2) is 0 Å². The molecule has 4 rings (SSSR count). The highest BCUT2D eigenvalue weighted by atomic mass is 16.8. The monoisotopic (exact) mass is 612 g/mol. The van der Waals surface area contributed by atoms with Crippen molar-refractivity contribution in [3.63, 3.8) is 0 Å². The summed E-state index contributed by atoms with van der Waals surface area (Å²) in [6.45, 7) is -0.350. The molecule has 19 nitrogen and oxygen atoms in total. The fourth-order valence-electron chi connectivity index (χ4n) is 5.65. The molecule has 19 heteroatoms. The van der Waals surface area contributed by atoms with E-state index in [0.717, 1.165) is 0 Å². The number of rotatable bonds is 9.